The number of hydrogen-bond acceptors (Lipinski definition) is 1. The van der Waals surface area contributed by atoms with Gasteiger partial charge in [0.15, 0.2) is 0 Å². The van der Waals surface area contributed by atoms with Crippen LogP contribution >= 0.6 is 0 Å². The first kappa shape index (κ1) is 33.6. The average molecular weight is 393 g/mol. The van der Waals surface area contributed by atoms with E-state index in [9.17, 15) is 0 Å². The molecule has 0 heterocycles. The van der Waals surface area contributed by atoms with Gasteiger partial charge in [0, 0.05) is 22.4 Å². The fraction of sp³-hybridized carbons (Fsp3) is 0.938. The molecule has 0 saturated carbocycles. The Morgan fingerprint density at radius 1 is 0.636 bits per heavy atom. The zero-order valence-corrected chi connectivity index (χ0v) is 18.8. The molecule has 0 fully saturated rings. The maximum Gasteiger partial charge on any atom is 0 e. The summed E-state index contributed by atoms with van der Waals surface area (Å²) < 4.78 is 0. The Hall–Kier alpha value is 0.000260. The number of nitrogens with zero attached hydrogens (tertiary/aromatic N) is 4. The molecule has 6 heteroatoms. The Kier molecular flexibility index (Phi) is 26.5. The molecule has 0 saturated heterocycles. The van der Waals surface area contributed by atoms with E-state index in [-0.39, 0.29) is 39.0 Å². The summed E-state index contributed by atoms with van der Waals surface area (Å²) >= 11 is 0. The van der Waals surface area contributed by atoms with Crippen LogP contribution in [0.3, 0.4) is 0 Å². The summed E-state index contributed by atoms with van der Waals surface area (Å²) in [6, 6.07) is 0. The Morgan fingerprint density at radius 3 is 0.682 bits per heavy atom. The van der Waals surface area contributed by atoms with E-state index < -0.39 is 0 Å². The zero-order chi connectivity index (χ0) is 18.3. The predicted octanol–water partition coefficient (Wildman–Crippen LogP) is 5.25. The van der Waals surface area contributed by atoms with Gasteiger partial charge in [-0.3, -0.25) is 4.79 Å². The molecule has 0 spiro atoms. The number of hydrogen-bond donors (Lipinski definition) is 0. The van der Waals surface area contributed by atoms with Crippen molar-refractivity contribution in [1.29, 1.82) is 0 Å². The van der Waals surface area contributed by atoms with Crippen molar-refractivity contribution in [2.24, 2.45) is 0 Å². The Labute approximate surface area is 154 Å². The third-order valence-electron chi connectivity index (χ3n) is 2.01. The van der Waals surface area contributed by atoms with Gasteiger partial charge >= 0.3 is 0 Å². The molecule has 0 atom stereocenters. The van der Waals surface area contributed by atoms with Crippen LogP contribution in [-0.2, 0) is 27.2 Å². The van der Waals surface area contributed by atoms with Crippen molar-refractivity contribution >= 4 is 6.08 Å². The first-order valence-corrected chi connectivity index (χ1v) is 6.94. The van der Waals surface area contributed by atoms with Crippen molar-refractivity contribution in [3.63, 3.8) is 0 Å². The SMILES string of the molecule is C[N-]C(C)(C)C.C[N-]C(C)(C)C.C[N-]C(C)(C)C.[N-]=C=O.[Nb]. The van der Waals surface area contributed by atoms with E-state index in [1.165, 1.54) is 0 Å². The van der Waals surface area contributed by atoms with Gasteiger partial charge in [-0.25, -0.2) is 0 Å². The van der Waals surface area contributed by atoms with E-state index >= 15 is 0 Å². The quantitative estimate of drug-likeness (QED) is 0.314. The molecule has 0 aromatic rings. The molecule has 135 valence electrons. The Balaban J connectivity index is -0.0000000591. The monoisotopic (exact) mass is 393 g/mol. The van der Waals surface area contributed by atoms with Crippen molar-refractivity contribution < 1.29 is 27.2 Å². The second kappa shape index (κ2) is 17.4. The summed E-state index contributed by atoms with van der Waals surface area (Å²) in [7, 11) is 5.50. The molecule has 0 amide bonds. The van der Waals surface area contributed by atoms with Crippen LogP contribution < -0.4 is 0 Å². The van der Waals surface area contributed by atoms with Gasteiger partial charge in [-0.05, 0) is 6.08 Å². The largest absolute Gasteiger partial charge is 0.724 e. The van der Waals surface area contributed by atoms with E-state index in [1.807, 2.05) is 21.1 Å². The molecule has 0 aromatic carbocycles. The molecule has 0 aliphatic carbocycles. The van der Waals surface area contributed by atoms with Crippen molar-refractivity contribution in [2.45, 2.75) is 78.9 Å². The first-order valence-electron chi connectivity index (χ1n) is 6.94. The van der Waals surface area contributed by atoms with E-state index in [0.717, 1.165) is 0 Å². The van der Waals surface area contributed by atoms with Crippen molar-refractivity contribution in [1.82, 2.24) is 0 Å². The summed E-state index contributed by atoms with van der Waals surface area (Å²) in [5.74, 6) is 0. The molecule has 0 rings (SSSR count). The van der Waals surface area contributed by atoms with Gasteiger partial charge in [0.1, 0.15) is 0 Å². The van der Waals surface area contributed by atoms with Crippen LogP contribution in [-0.4, -0.2) is 43.8 Å². The van der Waals surface area contributed by atoms with E-state index in [1.54, 1.807) is 0 Å². The zero-order valence-electron chi connectivity index (χ0n) is 16.6. The van der Waals surface area contributed by atoms with Gasteiger partial charge in [-0.2, -0.15) is 21.1 Å². The Morgan fingerprint density at radius 2 is 0.682 bits per heavy atom. The molecular formula is C16H36N4NbO-4. The minimum atomic E-state index is 0. The molecule has 1 radical (unpaired) electrons. The van der Waals surface area contributed by atoms with Gasteiger partial charge in [-0.15, -0.1) is 16.6 Å². The van der Waals surface area contributed by atoms with Crippen LogP contribution in [0, 0.1) is 0 Å². The standard InChI is InChI=1S/3C5H12N.CNO.Nb/c3*1-5(2,3)6-4;2-1-3;/h3*1-4H3;;/q4*-1;. The third-order valence-corrected chi connectivity index (χ3v) is 2.01. The molecule has 0 aromatic heterocycles. The topological polar surface area (TPSA) is 81.7 Å². The van der Waals surface area contributed by atoms with Crippen molar-refractivity contribution in [2.75, 3.05) is 21.1 Å². The van der Waals surface area contributed by atoms with Gasteiger partial charge in [0.25, 0.3) is 0 Å². The molecule has 22 heavy (non-hydrogen) atoms. The molecular weight excluding hydrogens is 357 g/mol. The number of carbonyl (C=O) groups excluding carboxylic acids is 1. The summed E-state index contributed by atoms with van der Waals surface area (Å²) in [5, 5.41) is 18.8. The molecule has 0 unspecified atom stereocenters. The molecule has 0 N–H and O–H groups in total. The van der Waals surface area contributed by atoms with Gasteiger partial charge < -0.3 is 21.4 Å². The minimum Gasteiger partial charge on any atom is -0.724 e. The molecule has 0 bridgehead atoms. The van der Waals surface area contributed by atoms with Crippen LogP contribution in [0.4, 0.5) is 0 Å². The number of rotatable bonds is 0. The van der Waals surface area contributed by atoms with Crippen LogP contribution in [0.5, 0.6) is 0 Å². The number of isocyanates is 1. The van der Waals surface area contributed by atoms with E-state index in [4.69, 9.17) is 10.2 Å². The second-order valence-corrected chi connectivity index (χ2v) is 7.27. The van der Waals surface area contributed by atoms with Crippen molar-refractivity contribution in [3.05, 3.63) is 21.4 Å². The maximum absolute atomic E-state index is 8.24. The van der Waals surface area contributed by atoms with Gasteiger partial charge in [-0.1, -0.05) is 62.3 Å². The summed E-state index contributed by atoms with van der Waals surface area (Å²) in [6.07, 6.45) is 0.500. The first-order chi connectivity index (χ1) is 9.10. The second-order valence-electron chi connectivity index (χ2n) is 7.27. The minimum absolute atomic E-state index is 0. The van der Waals surface area contributed by atoms with E-state index in [0.29, 0.717) is 6.08 Å². The molecule has 0 aliphatic heterocycles. The summed E-state index contributed by atoms with van der Waals surface area (Å²) in [5.41, 5.74) is 0.500. The smallest absolute Gasteiger partial charge is 0 e. The average Bonchev–Trinajstić information content (AvgIpc) is 2.29. The van der Waals surface area contributed by atoms with Crippen LogP contribution in [0.1, 0.15) is 62.3 Å². The summed E-state index contributed by atoms with van der Waals surface area (Å²) in [6.45, 7) is 18.7. The fourth-order valence-electron chi connectivity index (χ4n) is 0. The summed E-state index contributed by atoms with van der Waals surface area (Å²) in [4.78, 5) is 8.24. The van der Waals surface area contributed by atoms with Crippen LogP contribution in [0.15, 0.2) is 0 Å². The van der Waals surface area contributed by atoms with Gasteiger partial charge in [0.2, 0.25) is 0 Å². The predicted molar refractivity (Wildman–Crippen MR) is 96.2 cm³/mol. The van der Waals surface area contributed by atoms with Gasteiger partial charge in [0.05, 0.1) is 0 Å². The molecule has 5 nitrogen and oxygen atoms in total. The third kappa shape index (κ3) is 89.1. The van der Waals surface area contributed by atoms with E-state index in [2.05, 4.69) is 78.3 Å². The van der Waals surface area contributed by atoms with Crippen LogP contribution in [0.25, 0.3) is 21.4 Å². The molecule has 0 aliphatic rings. The maximum atomic E-state index is 8.24. The Bertz CT molecular complexity index is 211. The van der Waals surface area contributed by atoms with Crippen molar-refractivity contribution in [3.8, 4) is 0 Å². The van der Waals surface area contributed by atoms with Crippen LogP contribution in [0.2, 0.25) is 0 Å². The fourth-order valence-corrected chi connectivity index (χ4v) is 0. The normalized spacial score (nSPS) is 10.2.